The number of nitrogens with one attached hydrogen (secondary N) is 1. The molecule has 3 aromatic rings. The number of hydrogen-bond acceptors (Lipinski definition) is 5. The molecule has 0 bridgehead atoms. The van der Waals surface area contributed by atoms with E-state index in [9.17, 15) is 0 Å². The molecule has 3 heterocycles. The van der Waals surface area contributed by atoms with Crippen molar-refractivity contribution in [3.05, 3.63) is 72.4 Å². The van der Waals surface area contributed by atoms with Gasteiger partial charge in [-0.05, 0) is 47.9 Å². The monoisotopic (exact) mass is 425 g/mol. The molecule has 0 saturated carbocycles. The number of hydrogen-bond donors (Lipinski definition) is 2. The van der Waals surface area contributed by atoms with Crippen molar-refractivity contribution in [2.45, 2.75) is 13.3 Å². The molecule has 32 heavy (non-hydrogen) atoms. The van der Waals surface area contributed by atoms with Crippen molar-refractivity contribution in [1.29, 1.82) is 0 Å². The number of benzene rings is 2. The summed E-state index contributed by atoms with van der Waals surface area (Å²) in [5.74, 6) is 0.562. The van der Waals surface area contributed by atoms with Gasteiger partial charge >= 0.3 is 0 Å². The number of piperazine rings is 1. The third-order valence-corrected chi connectivity index (χ3v) is 6.78. The van der Waals surface area contributed by atoms with Gasteiger partial charge in [0.2, 0.25) is 0 Å². The molecule has 1 aromatic heterocycles. The van der Waals surface area contributed by atoms with E-state index in [1.54, 1.807) is 0 Å². The summed E-state index contributed by atoms with van der Waals surface area (Å²) in [6.45, 7) is 12.8. The van der Waals surface area contributed by atoms with Crippen LogP contribution in [0.25, 0.3) is 28.0 Å². The fourth-order valence-electron chi connectivity index (χ4n) is 4.76. The summed E-state index contributed by atoms with van der Waals surface area (Å²) in [5.41, 5.74) is 15.4. The zero-order chi connectivity index (χ0) is 22.1. The number of anilines is 2. The molecule has 0 amide bonds. The first kappa shape index (κ1) is 20.6. The summed E-state index contributed by atoms with van der Waals surface area (Å²) in [5, 5.41) is 3.34. The molecule has 0 unspecified atom stereocenters. The second kappa shape index (κ2) is 8.67. The number of nitrogens with two attached hydrogens (primary N) is 1. The lowest BCUT2D eigenvalue weighted by molar-refractivity contribution is 0.271. The van der Waals surface area contributed by atoms with Crippen LogP contribution < -0.4 is 16.0 Å². The average Bonchev–Trinajstić information content (AvgIpc) is 2.84. The van der Waals surface area contributed by atoms with Gasteiger partial charge < -0.3 is 20.9 Å². The van der Waals surface area contributed by atoms with Crippen molar-refractivity contribution in [3.8, 4) is 22.3 Å². The molecule has 1 saturated heterocycles. The zero-order valence-corrected chi connectivity index (χ0v) is 18.8. The van der Waals surface area contributed by atoms with Crippen LogP contribution in [0.4, 0.5) is 11.5 Å². The number of nitrogens with zero attached hydrogens (tertiary/aromatic N) is 3. The Bertz CT molecular complexity index is 1130. The number of fused-ring (bicyclic) bond motifs is 1. The largest absolute Gasteiger partial charge is 0.385 e. The van der Waals surface area contributed by atoms with E-state index in [0.29, 0.717) is 5.82 Å². The molecule has 0 spiro atoms. The molecule has 3 N–H and O–H groups in total. The van der Waals surface area contributed by atoms with Crippen LogP contribution in [0.5, 0.6) is 0 Å². The Morgan fingerprint density at radius 2 is 1.69 bits per heavy atom. The summed E-state index contributed by atoms with van der Waals surface area (Å²) in [6.07, 6.45) is 2.86. The van der Waals surface area contributed by atoms with E-state index < -0.39 is 0 Å². The Kier molecular flexibility index (Phi) is 5.58. The van der Waals surface area contributed by atoms with E-state index >= 15 is 0 Å². The molecule has 0 radical (unpaired) electrons. The second-order valence-corrected chi connectivity index (χ2v) is 8.65. The van der Waals surface area contributed by atoms with Gasteiger partial charge in [-0.3, -0.25) is 0 Å². The molecule has 0 atom stereocenters. The highest BCUT2D eigenvalue weighted by Crippen LogP contribution is 2.33. The summed E-state index contributed by atoms with van der Waals surface area (Å²) in [4.78, 5) is 9.49. The van der Waals surface area contributed by atoms with E-state index in [1.807, 2.05) is 6.20 Å². The standard InChI is InChI=1S/C27H31N5/c1-3-31-12-14-32(15-13-31)24-7-4-20(5-8-24)23-17-26(27(28)30-18-23)21-6-9-25-19(2)29-11-10-22(25)16-21/h4-9,16-18,29H,2-3,10-15H2,1H3,(H2,28,30). The third-order valence-electron chi connectivity index (χ3n) is 6.78. The van der Waals surface area contributed by atoms with Crippen molar-refractivity contribution in [3.63, 3.8) is 0 Å². The third kappa shape index (κ3) is 3.96. The van der Waals surface area contributed by atoms with Crippen LogP contribution in [-0.2, 0) is 6.42 Å². The van der Waals surface area contributed by atoms with E-state index in [1.165, 1.54) is 16.8 Å². The van der Waals surface area contributed by atoms with Gasteiger partial charge in [0.25, 0.3) is 0 Å². The molecule has 5 rings (SSSR count). The van der Waals surface area contributed by atoms with Gasteiger partial charge in [-0.2, -0.15) is 0 Å². The number of likely N-dealkylation sites (N-methyl/N-ethyl adjacent to an activating group) is 1. The Morgan fingerprint density at radius 1 is 0.938 bits per heavy atom. The Balaban J connectivity index is 1.40. The number of nitrogen functional groups attached to an aromatic ring is 1. The van der Waals surface area contributed by atoms with Crippen LogP contribution in [0.2, 0.25) is 0 Å². The van der Waals surface area contributed by atoms with Gasteiger partial charge in [-0.1, -0.05) is 43.8 Å². The van der Waals surface area contributed by atoms with Crippen LogP contribution >= 0.6 is 0 Å². The Labute approximate surface area is 190 Å². The lowest BCUT2D eigenvalue weighted by Crippen LogP contribution is -2.46. The van der Waals surface area contributed by atoms with Crippen LogP contribution in [0.15, 0.2) is 61.3 Å². The maximum atomic E-state index is 6.30. The van der Waals surface area contributed by atoms with Crippen molar-refractivity contribution in [2.75, 3.05) is 49.9 Å². The quantitative estimate of drug-likeness (QED) is 0.654. The van der Waals surface area contributed by atoms with Crippen LogP contribution in [0, 0.1) is 0 Å². The van der Waals surface area contributed by atoms with E-state index in [-0.39, 0.29) is 0 Å². The average molecular weight is 426 g/mol. The molecule has 2 aromatic carbocycles. The molecule has 1 fully saturated rings. The lowest BCUT2D eigenvalue weighted by atomic mass is 9.93. The second-order valence-electron chi connectivity index (χ2n) is 8.65. The van der Waals surface area contributed by atoms with E-state index in [0.717, 1.165) is 73.6 Å². The van der Waals surface area contributed by atoms with E-state index in [2.05, 4.69) is 82.1 Å². The minimum atomic E-state index is 0.562. The number of pyridine rings is 1. The first-order valence-corrected chi connectivity index (χ1v) is 11.5. The van der Waals surface area contributed by atoms with E-state index in [4.69, 9.17) is 5.73 Å². The molecule has 2 aliphatic heterocycles. The van der Waals surface area contributed by atoms with Crippen LogP contribution in [0.1, 0.15) is 18.1 Å². The summed E-state index contributed by atoms with van der Waals surface area (Å²) < 4.78 is 0. The Morgan fingerprint density at radius 3 is 2.44 bits per heavy atom. The zero-order valence-electron chi connectivity index (χ0n) is 18.8. The van der Waals surface area contributed by atoms with Gasteiger partial charge in [0, 0.05) is 67.0 Å². The van der Waals surface area contributed by atoms with Crippen LogP contribution in [-0.4, -0.2) is 49.2 Å². The lowest BCUT2D eigenvalue weighted by Gasteiger charge is -2.35. The first-order valence-electron chi connectivity index (χ1n) is 11.5. The highest BCUT2D eigenvalue weighted by Gasteiger charge is 2.17. The number of rotatable bonds is 4. The minimum Gasteiger partial charge on any atom is -0.385 e. The van der Waals surface area contributed by atoms with Crippen molar-refractivity contribution in [1.82, 2.24) is 15.2 Å². The molecular formula is C27H31N5. The first-order chi connectivity index (χ1) is 15.6. The SMILES string of the molecule is C=C1NCCc2cc(-c3cc(-c4ccc(N5CCN(CC)CC5)cc4)cnc3N)ccc21. The summed E-state index contributed by atoms with van der Waals surface area (Å²) >= 11 is 0. The van der Waals surface area contributed by atoms with Crippen molar-refractivity contribution in [2.24, 2.45) is 0 Å². The maximum Gasteiger partial charge on any atom is 0.131 e. The van der Waals surface area contributed by atoms with Crippen molar-refractivity contribution >= 4 is 17.2 Å². The molecule has 164 valence electrons. The highest BCUT2D eigenvalue weighted by atomic mass is 15.3. The number of aromatic nitrogens is 1. The summed E-state index contributed by atoms with van der Waals surface area (Å²) in [6, 6.07) is 17.5. The normalized spacial score (nSPS) is 16.5. The van der Waals surface area contributed by atoms with Crippen molar-refractivity contribution < 1.29 is 0 Å². The highest BCUT2D eigenvalue weighted by molar-refractivity contribution is 5.81. The molecule has 0 aliphatic carbocycles. The fraction of sp³-hybridized carbons (Fsp3) is 0.296. The molecule has 5 heteroatoms. The fourth-order valence-corrected chi connectivity index (χ4v) is 4.76. The Hall–Kier alpha value is -3.31. The molecular weight excluding hydrogens is 394 g/mol. The maximum absolute atomic E-state index is 6.30. The topological polar surface area (TPSA) is 57.4 Å². The smallest absolute Gasteiger partial charge is 0.131 e. The van der Waals surface area contributed by atoms with Gasteiger partial charge in [-0.25, -0.2) is 4.98 Å². The van der Waals surface area contributed by atoms with Gasteiger partial charge in [0.1, 0.15) is 5.82 Å². The van der Waals surface area contributed by atoms with Gasteiger partial charge in [-0.15, -0.1) is 0 Å². The predicted octanol–water partition coefficient (Wildman–Crippen LogP) is 4.26. The molecule has 2 aliphatic rings. The minimum absolute atomic E-state index is 0.562. The van der Waals surface area contributed by atoms with Gasteiger partial charge in [0.15, 0.2) is 0 Å². The molecule has 5 nitrogen and oxygen atoms in total. The summed E-state index contributed by atoms with van der Waals surface area (Å²) in [7, 11) is 0. The van der Waals surface area contributed by atoms with Crippen LogP contribution in [0.3, 0.4) is 0 Å². The predicted molar refractivity (Wildman–Crippen MR) is 135 cm³/mol. The van der Waals surface area contributed by atoms with Gasteiger partial charge in [0.05, 0.1) is 0 Å².